The zero-order valence-electron chi connectivity index (χ0n) is 16.4. The zero-order chi connectivity index (χ0) is 20.1. The molecule has 6 heteroatoms. The van der Waals surface area contributed by atoms with Crippen molar-refractivity contribution in [3.63, 3.8) is 0 Å². The maximum absolute atomic E-state index is 12.7. The third-order valence-corrected chi connectivity index (χ3v) is 5.40. The predicted molar refractivity (Wildman–Crippen MR) is 106 cm³/mol. The Morgan fingerprint density at radius 3 is 2.64 bits per heavy atom. The van der Waals surface area contributed by atoms with E-state index in [-0.39, 0.29) is 0 Å². The first-order chi connectivity index (χ1) is 13.5. The number of aryl methyl sites for hydroxylation is 2. The maximum atomic E-state index is 12.7. The van der Waals surface area contributed by atoms with Crippen molar-refractivity contribution >= 4 is 22.8 Å². The Balaban J connectivity index is 1.74. The van der Waals surface area contributed by atoms with Crippen LogP contribution in [0.15, 0.2) is 24.3 Å². The second kappa shape index (κ2) is 8.39. The Morgan fingerprint density at radius 1 is 1.25 bits per heavy atom. The molecular weight excluding hydrogens is 354 g/mol. The minimum absolute atomic E-state index is 0.405. The van der Waals surface area contributed by atoms with Gasteiger partial charge in [0.25, 0.3) is 5.91 Å². The van der Waals surface area contributed by atoms with Crippen LogP contribution < -0.4 is 5.32 Å². The van der Waals surface area contributed by atoms with Crippen LogP contribution >= 0.6 is 0 Å². The van der Waals surface area contributed by atoms with Gasteiger partial charge in [0.2, 0.25) is 0 Å². The molecule has 2 aromatic rings. The van der Waals surface area contributed by atoms with E-state index in [2.05, 4.69) is 16.4 Å². The third kappa shape index (κ3) is 3.99. The highest BCUT2D eigenvalue weighted by Crippen LogP contribution is 2.27. The highest BCUT2D eigenvalue weighted by Gasteiger charge is 2.33. The summed E-state index contributed by atoms with van der Waals surface area (Å²) in [5, 5.41) is 13.1. The molecule has 6 nitrogen and oxygen atoms in total. The molecule has 1 heterocycles. The minimum Gasteiger partial charge on any atom is -0.452 e. The molecule has 0 atom stereocenters. The Bertz CT molecular complexity index is 940. The van der Waals surface area contributed by atoms with E-state index in [0.29, 0.717) is 30.5 Å². The summed E-state index contributed by atoms with van der Waals surface area (Å²) in [5.74, 6) is -1.00. The summed E-state index contributed by atoms with van der Waals surface area (Å²) in [5.41, 5.74) is 1.87. The van der Waals surface area contributed by atoms with Crippen molar-refractivity contribution in [1.82, 2.24) is 10.3 Å². The van der Waals surface area contributed by atoms with Crippen molar-refractivity contribution in [2.75, 3.05) is 6.61 Å². The summed E-state index contributed by atoms with van der Waals surface area (Å²) in [6, 6.07) is 9.87. The van der Waals surface area contributed by atoms with Crippen LogP contribution in [0.2, 0.25) is 0 Å². The van der Waals surface area contributed by atoms with Gasteiger partial charge >= 0.3 is 5.97 Å². The van der Waals surface area contributed by atoms with Crippen molar-refractivity contribution in [2.24, 2.45) is 0 Å². The van der Waals surface area contributed by atoms with E-state index in [4.69, 9.17) is 4.74 Å². The monoisotopic (exact) mass is 379 g/mol. The summed E-state index contributed by atoms with van der Waals surface area (Å²) in [7, 11) is 0. The number of carbonyl (C=O) groups excluding carboxylic acids is 2. The lowest BCUT2D eigenvalue weighted by Gasteiger charge is -2.31. The van der Waals surface area contributed by atoms with Crippen molar-refractivity contribution in [2.45, 2.75) is 57.9 Å². The molecule has 3 rings (SSSR count). The van der Waals surface area contributed by atoms with Crippen molar-refractivity contribution < 1.29 is 14.3 Å². The van der Waals surface area contributed by atoms with Gasteiger partial charge in [0.05, 0.1) is 22.8 Å². The normalized spacial score (nSPS) is 15.6. The lowest BCUT2D eigenvalue weighted by Crippen LogP contribution is -2.50. The van der Waals surface area contributed by atoms with Gasteiger partial charge in [0.1, 0.15) is 5.54 Å². The summed E-state index contributed by atoms with van der Waals surface area (Å²) in [4.78, 5) is 29.6. The SMILES string of the molecule is CCc1nc2ccccc2c(C)c1C(=O)OCC(=O)NC1(C#N)CCCCC1. The van der Waals surface area contributed by atoms with Crippen LogP contribution in [-0.2, 0) is 16.0 Å². The molecule has 1 aliphatic carbocycles. The molecule has 0 saturated heterocycles. The minimum atomic E-state index is -0.837. The van der Waals surface area contributed by atoms with Crippen molar-refractivity contribution in [3.8, 4) is 6.07 Å². The molecule has 0 spiro atoms. The smallest absolute Gasteiger partial charge is 0.340 e. The van der Waals surface area contributed by atoms with Gasteiger partial charge in [-0.3, -0.25) is 9.78 Å². The van der Waals surface area contributed by atoms with Crippen LogP contribution in [-0.4, -0.2) is 29.0 Å². The molecular formula is C22H25N3O3. The topological polar surface area (TPSA) is 92.1 Å². The van der Waals surface area contributed by atoms with Crippen molar-refractivity contribution in [1.29, 1.82) is 5.26 Å². The Morgan fingerprint density at radius 2 is 1.96 bits per heavy atom. The molecule has 1 saturated carbocycles. The van der Waals surface area contributed by atoms with E-state index in [1.165, 1.54) is 0 Å². The molecule has 1 aliphatic rings. The van der Waals surface area contributed by atoms with Gasteiger partial charge in [-0.2, -0.15) is 5.26 Å². The highest BCUT2D eigenvalue weighted by molar-refractivity contribution is 5.99. The number of aromatic nitrogens is 1. The Labute approximate surface area is 164 Å². The average Bonchev–Trinajstić information content (AvgIpc) is 2.72. The number of nitriles is 1. The van der Waals surface area contributed by atoms with E-state index in [9.17, 15) is 14.9 Å². The second-order valence-corrected chi connectivity index (χ2v) is 7.31. The molecule has 146 valence electrons. The highest BCUT2D eigenvalue weighted by atomic mass is 16.5. The first-order valence-electron chi connectivity index (χ1n) is 9.77. The molecule has 0 unspecified atom stereocenters. The zero-order valence-corrected chi connectivity index (χ0v) is 16.4. The van der Waals surface area contributed by atoms with Crippen molar-refractivity contribution in [3.05, 3.63) is 41.1 Å². The first kappa shape index (κ1) is 19.8. The number of benzene rings is 1. The number of hydrogen-bond donors (Lipinski definition) is 1. The number of rotatable bonds is 5. The van der Waals surface area contributed by atoms with Gasteiger partial charge in [-0.25, -0.2) is 4.79 Å². The fourth-order valence-electron chi connectivity index (χ4n) is 3.89. The first-order valence-corrected chi connectivity index (χ1v) is 9.77. The molecule has 1 aromatic heterocycles. The quantitative estimate of drug-likeness (QED) is 0.801. The number of para-hydroxylation sites is 1. The van der Waals surface area contributed by atoms with Crippen LogP contribution in [0.25, 0.3) is 10.9 Å². The van der Waals surface area contributed by atoms with Gasteiger partial charge in [0.15, 0.2) is 6.61 Å². The molecule has 0 radical (unpaired) electrons. The molecule has 1 aromatic carbocycles. The molecule has 0 bridgehead atoms. The number of pyridine rings is 1. The number of nitrogens with one attached hydrogen (secondary N) is 1. The summed E-state index contributed by atoms with van der Waals surface area (Å²) >= 11 is 0. The predicted octanol–water partition coefficient (Wildman–Crippen LogP) is 3.61. The Kier molecular flexibility index (Phi) is 5.93. The van der Waals surface area contributed by atoms with Crippen LogP contribution in [0, 0.1) is 18.3 Å². The number of hydrogen-bond acceptors (Lipinski definition) is 5. The summed E-state index contributed by atoms with van der Waals surface area (Å²) in [6.45, 7) is 3.39. The average molecular weight is 379 g/mol. The van der Waals surface area contributed by atoms with Gasteiger partial charge in [-0.15, -0.1) is 0 Å². The van der Waals surface area contributed by atoms with E-state index < -0.39 is 24.0 Å². The number of ether oxygens (including phenoxy) is 1. The van der Waals surface area contributed by atoms with Crippen LogP contribution in [0.5, 0.6) is 0 Å². The van der Waals surface area contributed by atoms with Gasteiger partial charge < -0.3 is 10.1 Å². The Hall–Kier alpha value is -2.94. The fourth-order valence-corrected chi connectivity index (χ4v) is 3.89. The molecule has 1 N–H and O–H groups in total. The van der Waals surface area contributed by atoms with Crippen LogP contribution in [0.1, 0.15) is 60.6 Å². The largest absolute Gasteiger partial charge is 0.452 e. The molecule has 28 heavy (non-hydrogen) atoms. The number of nitrogens with zero attached hydrogens (tertiary/aromatic N) is 2. The number of fused-ring (bicyclic) bond motifs is 1. The van der Waals surface area contributed by atoms with Crippen LogP contribution in [0.3, 0.4) is 0 Å². The van der Waals surface area contributed by atoms with E-state index in [1.54, 1.807) is 0 Å². The van der Waals surface area contributed by atoms with Gasteiger partial charge in [-0.1, -0.05) is 44.4 Å². The van der Waals surface area contributed by atoms with E-state index in [0.717, 1.165) is 35.7 Å². The number of esters is 1. The number of carbonyl (C=O) groups is 2. The van der Waals surface area contributed by atoms with Gasteiger partial charge in [0, 0.05) is 5.39 Å². The lowest BCUT2D eigenvalue weighted by atomic mass is 9.83. The molecule has 0 aliphatic heterocycles. The summed E-state index contributed by atoms with van der Waals surface area (Å²) < 4.78 is 5.29. The third-order valence-electron chi connectivity index (χ3n) is 5.40. The van der Waals surface area contributed by atoms with Gasteiger partial charge in [-0.05, 0) is 37.8 Å². The standard InChI is InChI=1S/C22H25N3O3/c1-3-17-20(15(2)16-9-5-6-10-18(16)24-17)21(27)28-13-19(26)25-22(14-23)11-7-4-8-12-22/h5-6,9-10H,3-4,7-8,11-13H2,1-2H3,(H,25,26). The lowest BCUT2D eigenvalue weighted by molar-refractivity contribution is -0.125. The second-order valence-electron chi connectivity index (χ2n) is 7.31. The summed E-state index contributed by atoms with van der Waals surface area (Å²) in [6.07, 6.45) is 4.75. The fraction of sp³-hybridized carbons (Fsp3) is 0.455. The molecule has 1 amide bonds. The van der Waals surface area contributed by atoms with E-state index >= 15 is 0 Å². The van der Waals surface area contributed by atoms with Crippen LogP contribution in [0.4, 0.5) is 0 Å². The number of amides is 1. The van der Waals surface area contributed by atoms with E-state index in [1.807, 2.05) is 38.1 Å². The molecule has 1 fully saturated rings. The maximum Gasteiger partial charge on any atom is 0.340 e.